The number of aromatic hydroxyl groups is 1. The normalized spacial score (nSPS) is 19.0. The summed E-state index contributed by atoms with van der Waals surface area (Å²) >= 11 is 0. The Balaban J connectivity index is 1.94. The number of amides is 1. The highest BCUT2D eigenvalue weighted by atomic mass is 19.1. The van der Waals surface area contributed by atoms with Crippen molar-refractivity contribution in [2.75, 3.05) is 20.3 Å². The van der Waals surface area contributed by atoms with E-state index >= 15 is 0 Å². The molecule has 2 aromatic rings. The Morgan fingerprint density at radius 3 is 2.71 bits per heavy atom. The van der Waals surface area contributed by atoms with Crippen molar-refractivity contribution in [2.45, 2.75) is 32.0 Å². The topological polar surface area (TPSA) is 105 Å². The summed E-state index contributed by atoms with van der Waals surface area (Å²) in [5.74, 6) is -1.41. The highest BCUT2D eigenvalue weighted by Crippen LogP contribution is 2.24. The van der Waals surface area contributed by atoms with Gasteiger partial charge in [-0.2, -0.15) is 0 Å². The van der Waals surface area contributed by atoms with Gasteiger partial charge in [0.15, 0.2) is 5.69 Å². The van der Waals surface area contributed by atoms with Gasteiger partial charge in [0, 0.05) is 6.54 Å². The molecule has 2 unspecified atom stereocenters. The SMILES string of the molecule is CCC1COCC(NC)c2nc(C(=O)NCc3ccc(F)cc3)c(O)c(=O)n21. The van der Waals surface area contributed by atoms with E-state index in [-0.39, 0.29) is 24.1 Å². The van der Waals surface area contributed by atoms with Gasteiger partial charge in [0.05, 0.1) is 25.3 Å². The lowest BCUT2D eigenvalue weighted by molar-refractivity contribution is 0.0941. The van der Waals surface area contributed by atoms with Gasteiger partial charge in [-0.05, 0) is 31.2 Å². The minimum absolute atomic E-state index is 0.106. The third kappa shape index (κ3) is 3.90. The third-order valence-electron chi connectivity index (χ3n) is 4.79. The Hall–Kier alpha value is -2.78. The zero-order chi connectivity index (χ0) is 20.3. The van der Waals surface area contributed by atoms with Crippen molar-refractivity contribution in [2.24, 2.45) is 0 Å². The highest BCUT2D eigenvalue weighted by Gasteiger charge is 2.30. The Morgan fingerprint density at radius 1 is 1.36 bits per heavy atom. The summed E-state index contributed by atoms with van der Waals surface area (Å²) in [6.07, 6.45) is 0.612. The van der Waals surface area contributed by atoms with Gasteiger partial charge in [-0.1, -0.05) is 19.1 Å². The van der Waals surface area contributed by atoms with Crippen LogP contribution in [0.2, 0.25) is 0 Å². The van der Waals surface area contributed by atoms with Crippen LogP contribution in [0.1, 0.15) is 47.3 Å². The molecule has 0 fully saturated rings. The van der Waals surface area contributed by atoms with Crippen molar-refractivity contribution in [1.29, 1.82) is 0 Å². The molecule has 150 valence electrons. The second kappa shape index (κ2) is 8.49. The van der Waals surface area contributed by atoms with E-state index in [1.54, 1.807) is 7.05 Å². The van der Waals surface area contributed by atoms with Gasteiger partial charge in [-0.3, -0.25) is 14.2 Å². The fraction of sp³-hybridized carbons (Fsp3) is 0.421. The first-order chi connectivity index (χ1) is 13.5. The first-order valence-electron chi connectivity index (χ1n) is 9.09. The summed E-state index contributed by atoms with van der Waals surface area (Å²) in [5, 5.41) is 16.0. The predicted molar refractivity (Wildman–Crippen MR) is 99.7 cm³/mol. The molecule has 28 heavy (non-hydrogen) atoms. The molecule has 2 heterocycles. The van der Waals surface area contributed by atoms with Gasteiger partial charge in [0.1, 0.15) is 11.6 Å². The van der Waals surface area contributed by atoms with Crippen LogP contribution >= 0.6 is 0 Å². The molecular weight excluding hydrogens is 367 g/mol. The van der Waals surface area contributed by atoms with E-state index in [1.165, 1.54) is 28.8 Å². The quantitative estimate of drug-likeness (QED) is 0.710. The second-order valence-corrected chi connectivity index (χ2v) is 6.59. The molecule has 2 atom stereocenters. The van der Waals surface area contributed by atoms with E-state index in [4.69, 9.17) is 4.74 Å². The maximum atomic E-state index is 13.0. The van der Waals surface area contributed by atoms with Gasteiger partial charge in [0.2, 0.25) is 5.75 Å². The van der Waals surface area contributed by atoms with Crippen molar-refractivity contribution in [3.63, 3.8) is 0 Å². The average molecular weight is 390 g/mol. The zero-order valence-corrected chi connectivity index (χ0v) is 15.7. The summed E-state index contributed by atoms with van der Waals surface area (Å²) in [6.45, 7) is 2.62. The highest BCUT2D eigenvalue weighted by molar-refractivity contribution is 5.94. The van der Waals surface area contributed by atoms with E-state index in [0.717, 1.165) is 0 Å². The number of carbonyl (C=O) groups excluding carboxylic acids is 1. The van der Waals surface area contributed by atoms with Gasteiger partial charge >= 0.3 is 0 Å². The molecular formula is C19H23FN4O4. The van der Waals surface area contributed by atoms with Crippen molar-refractivity contribution < 1.29 is 19.0 Å². The van der Waals surface area contributed by atoms with Crippen molar-refractivity contribution >= 4 is 5.91 Å². The van der Waals surface area contributed by atoms with Crippen LogP contribution in [-0.2, 0) is 11.3 Å². The van der Waals surface area contributed by atoms with E-state index < -0.39 is 23.3 Å². The summed E-state index contributed by atoms with van der Waals surface area (Å²) in [7, 11) is 1.71. The van der Waals surface area contributed by atoms with Crippen LogP contribution in [0.4, 0.5) is 4.39 Å². The Bertz CT molecular complexity index is 913. The minimum atomic E-state index is -0.699. The number of ether oxygens (including phenoxy) is 1. The number of hydrogen-bond donors (Lipinski definition) is 3. The van der Waals surface area contributed by atoms with Crippen LogP contribution in [0.15, 0.2) is 29.1 Å². The van der Waals surface area contributed by atoms with Crippen molar-refractivity contribution in [3.8, 4) is 5.75 Å². The van der Waals surface area contributed by atoms with Crippen LogP contribution in [0.25, 0.3) is 0 Å². The number of hydrogen-bond acceptors (Lipinski definition) is 6. The lowest BCUT2D eigenvalue weighted by Gasteiger charge is -2.21. The van der Waals surface area contributed by atoms with Crippen molar-refractivity contribution in [1.82, 2.24) is 20.2 Å². The standard InChI is InChI=1S/C19H23FN4O4/c1-3-13-9-28-10-14(21-2)17-23-15(16(25)19(27)24(13)17)18(26)22-8-11-4-6-12(20)7-5-11/h4-7,13-14,21,25H,3,8-10H2,1-2H3,(H,22,26). The average Bonchev–Trinajstić information content (AvgIpc) is 2.88. The van der Waals surface area contributed by atoms with Crippen LogP contribution in [0, 0.1) is 5.82 Å². The van der Waals surface area contributed by atoms with Crippen LogP contribution in [0.5, 0.6) is 5.75 Å². The molecule has 0 bridgehead atoms. The molecule has 3 N–H and O–H groups in total. The smallest absolute Gasteiger partial charge is 0.296 e. The summed E-state index contributed by atoms with van der Waals surface area (Å²) in [4.78, 5) is 29.7. The predicted octanol–water partition coefficient (Wildman–Crippen LogP) is 1.26. The molecule has 0 saturated carbocycles. The number of benzene rings is 1. The molecule has 1 aromatic heterocycles. The van der Waals surface area contributed by atoms with Crippen LogP contribution < -0.4 is 16.2 Å². The van der Waals surface area contributed by atoms with E-state index in [1.807, 2.05) is 6.92 Å². The Morgan fingerprint density at radius 2 is 2.07 bits per heavy atom. The summed E-state index contributed by atoms with van der Waals surface area (Å²) in [5.41, 5.74) is -0.335. The minimum Gasteiger partial charge on any atom is -0.501 e. The molecule has 0 radical (unpaired) electrons. The second-order valence-electron chi connectivity index (χ2n) is 6.59. The fourth-order valence-electron chi connectivity index (χ4n) is 3.15. The maximum Gasteiger partial charge on any atom is 0.296 e. The molecule has 1 aromatic carbocycles. The molecule has 9 heteroatoms. The number of rotatable bonds is 5. The van der Waals surface area contributed by atoms with Gasteiger partial charge in [-0.15, -0.1) is 0 Å². The Kier molecular flexibility index (Phi) is 6.05. The molecule has 8 nitrogen and oxygen atoms in total. The first-order valence-corrected chi connectivity index (χ1v) is 9.09. The third-order valence-corrected chi connectivity index (χ3v) is 4.79. The van der Waals surface area contributed by atoms with E-state index in [2.05, 4.69) is 15.6 Å². The number of nitrogens with one attached hydrogen (secondary N) is 2. The number of nitrogens with zero attached hydrogens (tertiary/aromatic N) is 2. The number of likely N-dealkylation sites (N-methyl/N-ethyl adjacent to an activating group) is 1. The zero-order valence-electron chi connectivity index (χ0n) is 15.7. The lowest BCUT2D eigenvalue weighted by Crippen LogP contribution is -2.36. The lowest BCUT2D eigenvalue weighted by atomic mass is 10.2. The van der Waals surface area contributed by atoms with E-state index in [0.29, 0.717) is 31.0 Å². The Labute approximate surface area is 161 Å². The monoisotopic (exact) mass is 390 g/mol. The molecule has 3 rings (SSSR count). The summed E-state index contributed by atoms with van der Waals surface area (Å²) in [6, 6.07) is 4.97. The summed E-state index contributed by atoms with van der Waals surface area (Å²) < 4.78 is 20.0. The number of carbonyl (C=O) groups is 1. The number of halogens is 1. The van der Waals surface area contributed by atoms with Gasteiger partial charge in [0.25, 0.3) is 11.5 Å². The number of fused-ring (bicyclic) bond motifs is 1. The molecule has 1 aliphatic heterocycles. The number of aromatic nitrogens is 2. The van der Waals surface area contributed by atoms with Gasteiger partial charge < -0.3 is 20.5 Å². The molecule has 1 amide bonds. The van der Waals surface area contributed by atoms with E-state index in [9.17, 15) is 19.1 Å². The molecule has 0 spiro atoms. The van der Waals surface area contributed by atoms with Crippen LogP contribution in [-0.4, -0.2) is 40.8 Å². The molecule has 0 aliphatic carbocycles. The maximum absolute atomic E-state index is 13.0. The molecule has 0 saturated heterocycles. The fourth-order valence-corrected chi connectivity index (χ4v) is 3.15. The van der Waals surface area contributed by atoms with Crippen LogP contribution in [0.3, 0.4) is 0 Å². The van der Waals surface area contributed by atoms with Gasteiger partial charge in [-0.25, -0.2) is 9.37 Å². The first kappa shape index (κ1) is 20.0. The largest absolute Gasteiger partial charge is 0.501 e. The van der Waals surface area contributed by atoms with Crippen molar-refractivity contribution in [3.05, 3.63) is 57.5 Å². The molecule has 1 aliphatic rings.